The van der Waals surface area contributed by atoms with Gasteiger partial charge in [-0.15, -0.1) is 0 Å². The molecule has 0 atom stereocenters. The van der Waals surface area contributed by atoms with Gasteiger partial charge in [0.1, 0.15) is 42.8 Å². The SMILES string of the molecule is O=S(=O)([O-])c1ccc2c(c1)-c1nc-2nc2[nH]c(nc3nc(nc4[nH]c(n1)c1ccccc41)-c1ccc(S(=O)(=O)[O-])cc1-3)c1ccccc21.[Zn+2]. The first-order valence-corrected chi connectivity index (χ1v) is 17.0. The molecular weight excluding hydrogens is 722 g/mol. The summed E-state index contributed by atoms with van der Waals surface area (Å²) in [5.41, 5.74) is 2.88. The molecule has 0 saturated heterocycles. The molecule has 3 aromatic heterocycles. The number of aromatic nitrogens is 8. The summed E-state index contributed by atoms with van der Waals surface area (Å²) in [6, 6.07) is 22.3. The van der Waals surface area contributed by atoms with Gasteiger partial charge < -0.3 is 19.1 Å². The average Bonchev–Trinajstić information content (AvgIpc) is 3.79. The fourth-order valence-corrected chi connectivity index (χ4v) is 6.96. The molecule has 2 aliphatic rings. The number of hydrogen-bond acceptors (Lipinski definition) is 12. The van der Waals surface area contributed by atoms with Gasteiger partial charge in [0.2, 0.25) is 0 Å². The Hall–Kier alpha value is -5.32. The molecule has 234 valence electrons. The van der Waals surface area contributed by atoms with Gasteiger partial charge in [0.05, 0.1) is 9.79 Å². The van der Waals surface area contributed by atoms with Gasteiger partial charge in [0.15, 0.2) is 23.3 Å². The van der Waals surface area contributed by atoms with Gasteiger partial charge in [-0.3, -0.25) is 0 Å². The number of nitrogens with zero attached hydrogens (tertiary/aromatic N) is 6. The number of benzene rings is 4. The summed E-state index contributed by atoms with van der Waals surface area (Å²) in [4.78, 5) is 34.1. The number of fused-ring (bicyclic) bond motifs is 20. The number of hydrogen-bond donors (Lipinski definition) is 2. The summed E-state index contributed by atoms with van der Waals surface area (Å²) in [6.07, 6.45) is 0. The van der Waals surface area contributed by atoms with Crippen molar-refractivity contribution in [2.75, 3.05) is 0 Å². The predicted molar refractivity (Wildman–Crippen MR) is 172 cm³/mol. The van der Waals surface area contributed by atoms with E-state index in [9.17, 15) is 25.9 Å². The van der Waals surface area contributed by atoms with Crippen molar-refractivity contribution in [1.29, 1.82) is 0 Å². The van der Waals surface area contributed by atoms with Crippen LogP contribution in [0.4, 0.5) is 0 Å². The zero-order valence-electron chi connectivity index (χ0n) is 24.7. The molecule has 2 aliphatic heterocycles. The van der Waals surface area contributed by atoms with E-state index in [1.807, 2.05) is 48.5 Å². The molecule has 49 heavy (non-hydrogen) atoms. The van der Waals surface area contributed by atoms with E-state index in [1.54, 1.807) is 0 Å². The third-order valence-corrected chi connectivity index (χ3v) is 9.83. The molecule has 4 aromatic carbocycles. The van der Waals surface area contributed by atoms with Crippen LogP contribution in [0.3, 0.4) is 0 Å². The smallest absolute Gasteiger partial charge is 0.744 e. The van der Waals surface area contributed by atoms with E-state index in [-0.39, 0.29) is 42.8 Å². The van der Waals surface area contributed by atoms with Crippen LogP contribution in [0, 0.1) is 0 Å². The molecule has 0 aliphatic carbocycles. The maximum absolute atomic E-state index is 12.0. The van der Waals surface area contributed by atoms with E-state index in [2.05, 4.69) is 19.9 Å². The Labute approximate surface area is 288 Å². The zero-order chi connectivity index (χ0) is 32.9. The number of H-pyrrole nitrogens is 2. The molecule has 2 N–H and O–H groups in total. The van der Waals surface area contributed by atoms with Gasteiger partial charge in [-0.2, -0.15) is 0 Å². The topological polar surface area (TPSA) is 223 Å². The Morgan fingerprint density at radius 2 is 0.735 bits per heavy atom. The Morgan fingerprint density at radius 1 is 0.429 bits per heavy atom. The van der Waals surface area contributed by atoms with Gasteiger partial charge >= 0.3 is 19.5 Å². The van der Waals surface area contributed by atoms with Crippen LogP contribution in [-0.2, 0) is 39.7 Å². The molecule has 8 bridgehead atoms. The molecule has 0 spiro atoms. The van der Waals surface area contributed by atoms with Gasteiger partial charge in [-0.1, -0.05) is 48.5 Å². The van der Waals surface area contributed by atoms with Crippen LogP contribution in [0.25, 0.3) is 89.7 Å². The summed E-state index contributed by atoms with van der Waals surface area (Å²) in [7, 11) is -9.58. The van der Waals surface area contributed by atoms with Crippen molar-refractivity contribution in [3.8, 4) is 45.6 Å². The molecule has 5 heterocycles. The Bertz CT molecular complexity index is 2780. The van der Waals surface area contributed by atoms with Crippen molar-refractivity contribution >= 4 is 64.4 Å². The first kappa shape index (κ1) is 31.0. The third kappa shape index (κ3) is 5.02. The van der Waals surface area contributed by atoms with E-state index in [0.717, 1.165) is 0 Å². The summed E-state index contributed by atoms with van der Waals surface area (Å²) in [5.74, 6) is 0.640. The Kier molecular flexibility index (Phi) is 6.86. The molecule has 0 amide bonds. The van der Waals surface area contributed by atoms with Gasteiger partial charge in [0.25, 0.3) is 0 Å². The molecule has 0 radical (unpaired) electrons. The predicted octanol–water partition coefficient (Wildman–Crippen LogP) is 4.67. The van der Waals surface area contributed by atoms with Crippen molar-refractivity contribution in [1.82, 2.24) is 39.9 Å². The fourth-order valence-electron chi connectivity index (χ4n) is 5.96. The van der Waals surface area contributed by atoms with E-state index in [1.165, 1.54) is 36.4 Å². The summed E-state index contributed by atoms with van der Waals surface area (Å²) in [5, 5.41) is 2.64. The van der Waals surface area contributed by atoms with Gasteiger partial charge in [-0.25, -0.2) is 46.7 Å². The quantitative estimate of drug-likeness (QED) is 0.182. The zero-order valence-corrected chi connectivity index (χ0v) is 29.3. The summed E-state index contributed by atoms with van der Waals surface area (Å²) in [6.45, 7) is 0. The number of nitrogens with one attached hydrogen (secondary N) is 2. The number of rotatable bonds is 2. The van der Waals surface area contributed by atoms with Crippen LogP contribution in [0.5, 0.6) is 0 Å². The normalized spacial score (nSPS) is 12.4. The monoisotopic (exact) mass is 736 g/mol. The van der Waals surface area contributed by atoms with Crippen LogP contribution in [0.15, 0.2) is 94.7 Å². The summed E-state index contributed by atoms with van der Waals surface area (Å²) >= 11 is 0. The number of aromatic amines is 2. The van der Waals surface area contributed by atoms with E-state index in [4.69, 9.17) is 19.9 Å². The van der Waals surface area contributed by atoms with Crippen molar-refractivity contribution in [2.24, 2.45) is 0 Å². The molecule has 17 heteroatoms. The van der Waals surface area contributed by atoms with Gasteiger partial charge in [0, 0.05) is 43.8 Å². The first-order valence-electron chi connectivity index (χ1n) is 14.2. The largest absolute Gasteiger partial charge is 2.00 e. The first-order chi connectivity index (χ1) is 23.0. The van der Waals surface area contributed by atoms with Crippen LogP contribution in [0.1, 0.15) is 0 Å². The minimum Gasteiger partial charge on any atom is -0.744 e. The Morgan fingerprint density at radius 3 is 1.04 bits per heavy atom. The van der Waals surface area contributed by atoms with Crippen LogP contribution in [-0.4, -0.2) is 65.8 Å². The molecule has 9 rings (SSSR count). The molecular formula is C32H16N8O6S2Zn. The second kappa shape index (κ2) is 10.8. The minimum absolute atomic E-state index is 0. The third-order valence-electron chi connectivity index (χ3n) is 8.17. The van der Waals surface area contributed by atoms with Crippen molar-refractivity contribution in [3.63, 3.8) is 0 Å². The molecule has 0 saturated carbocycles. The van der Waals surface area contributed by atoms with Crippen molar-refractivity contribution in [3.05, 3.63) is 84.9 Å². The van der Waals surface area contributed by atoms with E-state index >= 15 is 0 Å². The molecule has 0 fully saturated rings. The molecule has 14 nitrogen and oxygen atoms in total. The molecule has 7 aromatic rings. The van der Waals surface area contributed by atoms with Crippen LogP contribution in [0.2, 0.25) is 0 Å². The van der Waals surface area contributed by atoms with Crippen LogP contribution < -0.4 is 0 Å². The maximum Gasteiger partial charge on any atom is 2.00 e. The van der Waals surface area contributed by atoms with E-state index < -0.39 is 30.0 Å². The van der Waals surface area contributed by atoms with Crippen molar-refractivity contribution in [2.45, 2.75) is 9.79 Å². The maximum atomic E-state index is 12.0. The van der Waals surface area contributed by atoms with Crippen LogP contribution >= 0.6 is 0 Å². The van der Waals surface area contributed by atoms with Crippen molar-refractivity contribution < 1.29 is 45.4 Å². The average molecular weight is 738 g/mol. The van der Waals surface area contributed by atoms with E-state index in [0.29, 0.717) is 66.4 Å². The fraction of sp³-hybridized carbons (Fsp3) is 0. The summed E-state index contributed by atoms with van der Waals surface area (Å²) < 4.78 is 71.9. The standard InChI is InChI=1S/C32H18N8O6S2.Zn/c41-47(42,43)15-9-11-21-23(13-15)32-38-28-20-8-4-2-6-18(20)26(34-28)36-30-22-12-10-16(48(44,45)46)14-24(22)31(40-30)37-27-19-7-3-1-5-17(19)25(33-27)35-29(21)39-32;/h1-14H,(H,41,42,43)(H,44,45,46)(H2,33,34,35,36,37,38,39,40);/q;+2/p-2. The molecule has 0 unspecified atom stereocenters. The second-order valence-corrected chi connectivity index (χ2v) is 13.8. The second-order valence-electron chi connectivity index (χ2n) is 11.0. The minimum atomic E-state index is -4.79. The Balaban J connectivity index is 0.00000348. The van der Waals surface area contributed by atoms with Gasteiger partial charge in [-0.05, 0) is 36.4 Å².